The Morgan fingerprint density at radius 3 is 2.67 bits per heavy atom. The van der Waals surface area contributed by atoms with Crippen LogP contribution in [0, 0.1) is 0 Å². The van der Waals surface area contributed by atoms with Crippen molar-refractivity contribution in [2.75, 3.05) is 25.5 Å². The summed E-state index contributed by atoms with van der Waals surface area (Å²) >= 11 is 0. The second-order valence-electron chi connectivity index (χ2n) is 4.69. The maximum atomic E-state index is 11.5. The highest BCUT2D eigenvalue weighted by molar-refractivity contribution is 5.92. The van der Waals surface area contributed by atoms with Crippen LogP contribution in [0.25, 0.3) is 0 Å². The van der Waals surface area contributed by atoms with Gasteiger partial charge in [-0.15, -0.1) is 0 Å². The zero-order valence-electron chi connectivity index (χ0n) is 12.1. The van der Waals surface area contributed by atoms with E-state index < -0.39 is 0 Å². The highest BCUT2D eigenvalue weighted by Gasteiger charge is 2.02. The maximum Gasteiger partial charge on any atom is 0.238 e. The minimum Gasteiger partial charge on any atom is -0.493 e. The van der Waals surface area contributed by atoms with E-state index in [2.05, 4.69) is 22.8 Å². The van der Waals surface area contributed by atoms with Crippen molar-refractivity contribution in [1.82, 2.24) is 5.32 Å². The molecule has 0 spiro atoms. The normalized spacial score (nSPS) is 10.1. The molecule has 0 unspecified atom stereocenters. The van der Waals surface area contributed by atoms with Gasteiger partial charge in [-0.2, -0.15) is 0 Å². The molecular weight excluding hydrogens is 264 g/mol. The molecule has 0 aromatic heterocycles. The van der Waals surface area contributed by atoms with E-state index in [1.165, 1.54) is 5.56 Å². The molecule has 2 aromatic carbocycles. The molecule has 0 bridgehead atoms. The van der Waals surface area contributed by atoms with Gasteiger partial charge in [-0.05, 0) is 24.7 Å². The zero-order chi connectivity index (χ0) is 14.9. The SMILES string of the molecule is CNCC(=O)Nc1cccc(OCCc2ccccc2)c1. The Morgan fingerprint density at radius 1 is 1.10 bits per heavy atom. The van der Waals surface area contributed by atoms with Crippen LogP contribution in [0.15, 0.2) is 54.6 Å². The van der Waals surface area contributed by atoms with Crippen molar-refractivity contribution >= 4 is 11.6 Å². The molecule has 110 valence electrons. The summed E-state index contributed by atoms with van der Waals surface area (Å²) in [5.41, 5.74) is 1.99. The summed E-state index contributed by atoms with van der Waals surface area (Å²) in [5.74, 6) is 0.687. The summed E-state index contributed by atoms with van der Waals surface area (Å²) in [5, 5.41) is 5.62. The summed E-state index contributed by atoms with van der Waals surface area (Å²) in [7, 11) is 1.74. The van der Waals surface area contributed by atoms with Crippen LogP contribution in [0.4, 0.5) is 5.69 Å². The van der Waals surface area contributed by atoms with Crippen molar-refractivity contribution in [3.63, 3.8) is 0 Å². The number of likely N-dealkylation sites (N-methyl/N-ethyl adjacent to an activating group) is 1. The first-order valence-corrected chi connectivity index (χ1v) is 6.99. The second kappa shape index (κ2) is 8.07. The van der Waals surface area contributed by atoms with Gasteiger partial charge in [0, 0.05) is 18.2 Å². The summed E-state index contributed by atoms with van der Waals surface area (Å²) in [6, 6.07) is 17.6. The molecule has 0 heterocycles. The smallest absolute Gasteiger partial charge is 0.238 e. The predicted octanol–water partition coefficient (Wildman–Crippen LogP) is 2.47. The van der Waals surface area contributed by atoms with Crippen molar-refractivity contribution in [2.45, 2.75) is 6.42 Å². The Bertz CT molecular complexity index is 570. The Kier molecular flexibility index (Phi) is 5.79. The molecule has 0 aliphatic heterocycles. The number of anilines is 1. The Hall–Kier alpha value is -2.33. The van der Waals surface area contributed by atoms with Gasteiger partial charge < -0.3 is 15.4 Å². The van der Waals surface area contributed by atoms with Crippen LogP contribution < -0.4 is 15.4 Å². The molecule has 1 amide bonds. The fourth-order valence-corrected chi connectivity index (χ4v) is 1.96. The molecule has 2 rings (SSSR count). The number of amides is 1. The van der Waals surface area contributed by atoms with Crippen LogP contribution in [0.1, 0.15) is 5.56 Å². The monoisotopic (exact) mass is 284 g/mol. The lowest BCUT2D eigenvalue weighted by molar-refractivity contribution is -0.115. The van der Waals surface area contributed by atoms with Crippen LogP contribution in [-0.4, -0.2) is 26.1 Å². The Labute approximate surface area is 125 Å². The molecule has 2 aromatic rings. The van der Waals surface area contributed by atoms with E-state index in [1.54, 1.807) is 7.05 Å². The van der Waals surface area contributed by atoms with E-state index in [0.29, 0.717) is 13.2 Å². The molecule has 2 N–H and O–H groups in total. The molecule has 21 heavy (non-hydrogen) atoms. The Morgan fingerprint density at radius 2 is 1.90 bits per heavy atom. The third kappa shape index (κ3) is 5.28. The highest BCUT2D eigenvalue weighted by atomic mass is 16.5. The van der Waals surface area contributed by atoms with Gasteiger partial charge in [0.15, 0.2) is 0 Å². The third-order valence-electron chi connectivity index (χ3n) is 2.96. The largest absolute Gasteiger partial charge is 0.493 e. The lowest BCUT2D eigenvalue weighted by Crippen LogP contribution is -2.25. The topological polar surface area (TPSA) is 50.4 Å². The summed E-state index contributed by atoms with van der Waals surface area (Å²) in [4.78, 5) is 11.5. The molecule has 0 saturated carbocycles. The zero-order valence-corrected chi connectivity index (χ0v) is 12.1. The summed E-state index contributed by atoms with van der Waals surface area (Å²) in [6.45, 7) is 0.900. The van der Waals surface area contributed by atoms with Crippen molar-refractivity contribution in [3.05, 3.63) is 60.2 Å². The standard InChI is InChI=1S/C17H20N2O2/c1-18-13-17(20)19-15-8-5-9-16(12-15)21-11-10-14-6-3-2-4-7-14/h2-9,12,18H,10-11,13H2,1H3,(H,19,20). The number of carbonyl (C=O) groups is 1. The van der Waals surface area contributed by atoms with Crippen molar-refractivity contribution in [2.24, 2.45) is 0 Å². The van der Waals surface area contributed by atoms with Gasteiger partial charge in [-0.3, -0.25) is 4.79 Å². The number of ether oxygens (including phenoxy) is 1. The molecule has 0 atom stereocenters. The second-order valence-corrected chi connectivity index (χ2v) is 4.69. The van der Waals surface area contributed by atoms with Gasteiger partial charge in [0.1, 0.15) is 5.75 Å². The van der Waals surface area contributed by atoms with Gasteiger partial charge in [-0.25, -0.2) is 0 Å². The lowest BCUT2D eigenvalue weighted by Gasteiger charge is -2.09. The molecule has 0 radical (unpaired) electrons. The minimum atomic E-state index is -0.0704. The molecule has 4 nitrogen and oxygen atoms in total. The molecule has 0 aliphatic rings. The fourth-order valence-electron chi connectivity index (χ4n) is 1.96. The van der Waals surface area contributed by atoms with Crippen LogP contribution in [0.2, 0.25) is 0 Å². The average Bonchev–Trinajstić information content (AvgIpc) is 2.49. The summed E-state index contributed by atoms with van der Waals surface area (Å²) < 4.78 is 5.73. The first-order chi connectivity index (χ1) is 10.3. The quantitative estimate of drug-likeness (QED) is 0.821. The van der Waals surface area contributed by atoms with Crippen LogP contribution in [0.3, 0.4) is 0 Å². The van der Waals surface area contributed by atoms with Crippen molar-refractivity contribution in [1.29, 1.82) is 0 Å². The number of hydrogen-bond acceptors (Lipinski definition) is 3. The van der Waals surface area contributed by atoms with Gasteiger partial charge in [0.25, 0.3) is 0 Å². The molecule has 0 saturated heterocycles. The summed E-state index contributed by atoms with van der Waals surface area (Å²) in [6.07, 6.45) is 0.858. The molecular formula is C17H20N2O2. The number of benzene rings is 2. The lowest BCUT2D eigenvalue weighted by atomic mass is 10.2. The minimum absolute atomic E-state index is 0.0704. The molecule has 0 fully saturated rings. The van der Waals surface area contributed by atoms with Gasteiger partial charge >= 0.3 is 0 Å². The highest BCUT2D eigenvalue weighted by Crippen LogP contribution is 2.17. The van der Waals surface area contributed by atoms with E-state index in [-0.39, 0.29) is 5.91 Å². The van der Waals surface area contributed by atoms with Crippen LogP contribution in [-0.2, 0) is 11.2 Å². The third-order valence-corrected chi connectivity index (χ3v) is 2.96. The number of nitrogens with one attached hydrogen (secondary N) is 2. The Balaban J connectivity index is 1.85. The predicted molar refractivity (Wildman–Crippen MR) is 84.6 cm³/mol. The van der Waals surface area contributed by atoms with Crippen molar-refractivity contribution in [3.8, 4) is 5.75 Å². The van der Waals surface area contributed by atoms with Gasteiger partial charge in [0.05, 0.1) is 13.2 Å². The average molecular weight is 284 g/mol. The van der Waals surface area contributed by atoms with E-state index in [1.807, 2.05) is 42.5 Å². The first kappa shape index (κ1) is 15.1. The number of rotatable bonds is 7. The fraction of sp³-hybridized carbons (Fsp3) is 0.235. The van der Waals surface area contributed by atoms with Crippen LogP contribution >= 0.6 is 0 Å². The number of carbonyl (C=O) groups excluding carboxylic acids is 1. The number of hydrogen-bond donors (Lipinski definition) is 2. The van der Waals surface area contributed by atoms with E-state index in [9.17, 15) is 4.79 Å². The van der Waals surface area contributed by atoms with Crippen LogP contribution in [0.5, 0.6) is 5.75 Å². The van der Waals surface area contributed by atoms with E-state index in [0.717, 1.165) is 17.9 Å². The first-order valence-electron chi connectivity index (χ1n) is 6.99. The maximum absolute atomic E-state index is 11.5. The van der Waals surface area contributed by atoms with Crippen molar-refractivity contribution < 1.29 is 9.53 Å². The molecule has 4 heteroatoms. The molecule has 0 aliphatic carbocycles. The van der Waals surface area contributed by atoms with Gasteiger partial charge in [-0.1, -0.05) is 36.4 Å². The van der Waals surface area contributed by atoms with E-state index in [4.69, 9.17) is 4.74 Å². The van der Waals surface area contributed by atoms with E-state index >= 15 is 0 Å². The van der Waals surface area contributed by atoms with Gasteiger partial charge in [0.2, 0.25) is 5.91 Å².